The average molecular weight is 243 g/mol. The number of carbonyl (C=O) groups is 1. The van der Waals surface area contributed by atoms with Crippen molar-refractivity contribution in [3.05, 3.63) is 24.4 Å². The Hall–Kier alpha value is -2.05. The van der Waals surface area contributed by atoms with Gasteiger partial charge in [-0.25, -0.2) is 0 Å². The summed E-state index contributed by atoms with van der Waals surface area (Å²) in [7, 11) is 1.66. The lowest BCUT2D eigenvalue weighted by molar-refractivity contribution is -0.167. The second-order valence-corrected chi connectivity index (χ2v) is 3.49. The minimum Gasteiger partial charge on any atom is -0.318 e. The molecule has 0 spiro atoms. The van der Waals surface area contributed by atoms with Gasteiger partial charge >= 0.3 is 12.1 Å². The second-order valence-electron chi connectivity index (χ2n) is 3.49. The van der Waals surface area contributed by atoms with Crippen molar-refractivity contribution in [2.24, 2.45) is 7.05 Å². The van der Waals surface area contributed by atoms with Crippen molar-refractivity contribution in [3.63, 3.8) is 0 Å². The van der Waals surface area contributed by atoms with Crippen LogP contribution in [0.1, 0.15) is 0 Å². The summed E-state index contributed by atoms with van der Waals surface area (Å²) in [6, 6.07) is 4.42. The second kappa shape index (κ2) is 3.76. The van der Waals surface area contributed by atoms with Gasteiger partial charge in [-0.1, -0.05) is 0 Å². The number of anilines is 1. The van der Waals surface area contributed by atoms with Gasteiger partial charge in [0.1, 0.15) is 0 Å². The Kier molecular flexibility index (Phi) is 2.53. The molecule has 0 aliphatic rings. The van der Waals surface area contributed by atoms with E-state index < -0.39 is 12.1 Å². The third kappa shape index (κ3) is 2.22. The largest absolute Gasteiger partial charge is 0.471 e. The molecule has 0 unspecified atom stereocenters. The van der Waals surface area contributed by atoms with E-state index in [2.05, 4.69) is 5.10 Å². The van der Waals surface area contributed by atoms with Crippen LogP contribution in [-0.4, -0.2) is 21.9 Å². The smallest absolute Gasteiger partial charge is 0.318 e. The number of benzene rings is 1. The van der Waals surface area contributed by atoms with Gasteiger partial charge in [0.05, 0.1) is 11.7 Å². The van der Waals surface area contributed by atoms with Crippen LogP contribution >= 0.6 is 0 Å². The number of hydrogen-bond donors (Lipinski definition) is 1. The number of amides is 1. The van der Waals surface area contributed by atoms with Crippen LogP contribution in [-0.2, 0) is 11.8 Å². The Morgan fingerprint density at radius 1 is 1.41 bits per heavy atom. The molecule has 1 aromatic carbocycles. The average Bonchev–Trinajstić information content (AvgIpc) is 2.59. The molecular formula is C10H8F3N3O. The molecule has 4 nitrogen and oxygen atoms in total. The first-order chi connectivity index (χ1) is 7.88. The number of nitrogens with one attached hydrogen (secondary N) is 1. The van der Waals surface area contributed by atoms with Gasteiger partial charge in [-0.05, 0) is 18.2 Å². The maximum Gasteiger partial charge on any atom is 0.471 e. The molecule has 2 aromatic rings. The molecular weight excluding hydrogens is 235 g/mol. The van der Waals surface area contributed by atoms with Gasteiger partial charge in [0.15, 0.2) is 0 Å². The fourth-order valence-electron chi connectivity index (χ4n) is 1.42. The molecule has 7 heteroatoms. The maximum atomic E-state index is 12.0. The van der Waals surface area contributed by atoms with Gasteiger partial charge in [-0.2, -0.15) is 18.3 Å². The van der Waals surface area contributed by atoms with Crippen LogP contribution in [0, 0.1) is 0 Å². The van der Waals surface area contributed by atoms with Crippen molar-refractivity contribution in [1.82, 2.24) is 9.78 Å². The van der Waals surface area contributed by atoms with Crippen LogP contribution in [0.3, 0.4) is 0 Å². The highest BCUT2D eigenvalue weighted by Crippen LogP contribution is 2.21. The van der Waals surface area contributed by atoms with Crippen LogP contribution in [0.5, 0.6) is 0 Å². The van der Waals surface area contributed by atoms with E-state index >= 15 is 0 Å². The molecule has 0 aliphatic heterocycles. The van der Waals surface area contributed by atoms with E-state index in [4.69, 9.17) is 0 Å². The molecule has 0 aliphatic carbocycles. The Morgan fingerprint density at radius 2 is 2.12 bits per heavy atom. The van der Waals surface area contributed by atoms with Gasteiger partial charge < -0.3 is 5.32 Å². The highest BCUT2D eigenvalue weighted by atomic mass is 19.4. The SMILES string of the molecule is Cn1ncc2ccc(NC(=O)C(F)(F)F)cc21. The van der Waals surface area contributed by atoms with E-state index in [1.54, 1.807) is 24.6 Å². The number of carbonyl (C=O) groups excluding carboxylic acids is 1. The predicted octanol–water partition coefficient (Wildman–Crippen LogP) is 2.07. The molecule has 0 bridgehead atoms. The van der Waals surface area contributed by atoms with Gasteiger partial charge in [0.2, 0.25) is 0 Å². The zero-order valence-electron chi connectivity index (χ0n) is 8.75. The van der Waals surface area contributed by atoms with Crippen molar-refractivity contribution in [2.75, 3.05) is 5.32 Å². The van der Waals surface area contributed by atoms with E-state index in [0.717, 1.165) is 5.39 Å². The number of aromatic nitrogens is 2. The number of hydrogen-bond acceptors (Lipinski definition) is 2. The van der Waals surface area contributed by atoms with Gasteiger partial charge in [0, 0.05) is 18.1 Å². The summed E-state index contributed by atoms with van der Waals surface area (Å²) < 4.78 is 37.6. The summed E-state index contributed by atoms with van der Waals surface area (Å²) in [6.45, 7) is 0. The van der Waals surface area contributed by atoms with Crippen molar-refractivity contribution < 1.29 is 18.0 Å². The molecule has 90 valence electrons. The monoisotopic (exact) mass is 243 g/mol. The molecule has 17 heavy (non-hydrogen) atoms. The molecule has 1 aromatic heterocycles. The van der Waals surface area contributed by atoms with E-state index in [0.29, 0.717) is 5.52 Å². The van der Waals surface area contributed by atoms with E-state index in [1.165, 1.54) is 16.8 Å². The minimum absolute atomic E-state index is 0.0865. The third-order valence-electron chi connectivity index (χ3n) is 2.26. The maximum absolute atomic E-state index is 12.0. The molecule has 2 rings (SSSR count). The fraction of sp³-hybridized carbons (Fsp3) is 0.200. The summed E-state index contributed by atoms with van der Waals surface area (Å²) >= 11 is 0. The van der Waals surface area contributed by atoms with E-state index in [-0.39, 0.29) is 5.69 Å². The number of aryl methyl sites for hydroxylation is 1. The Labute approximate surface area is 94.0 Å². The first kappa shape index (κ1) is 11.4. The number of alkyl halides is 3. The Morgan fingerprint density at radius 3 is 2.76 bits per heavy atom. The van der Waals surface area contributed by atoms with Crippen molar-refractivity contribution in [3.8, 4) is 0 Å². The van der Waals surface area contributed by atoms with Crippen LogP contribution in [0.2, 0.25) is 0 Å². The van der Waals surface area contributed by atoms with Gasteiger partial charge in [0.25, 0.3) is 0 Å². The van der Waals surface area contributed by atoms with Gasteiger partial charge in [-0.15, -0.1) is 0 Å². The number of fused-ring (bicyclic) bond motifs is 1. The summed E-state index contributed by atoms with van der Waals surface area (Å²) in [5.74, 6) is -1.99. The first-order valence-corrected chi connectivity index (χ1v) is 4.68. The number of halogens is 3. The lowest BCUT2D eigenvalue weighted by Crippen LogP contribution is -2.29. The van der Waals surface area contributed by atoms with Crippen LogP contribution < -0.4 is 5.32 Å². The van der Waals surface area contributed by atoms with Crippen LogP contribution in [0.25, 0.3) is 10.9 Å². The molecule has 0 saturated heterocycles. The molecule has 0 fully saturated rings. The zero-order chi connectivity index (χ0) is 12.6. The predicted molar refractivity (Wildman–Crippen MR) is 55.4 cm³/mol. The molecule has 1 amide bonds. The summed E-state index contributed by atoms with van der Waals surface area (Å²) in [5.41, 5.74) is 0.730. The highest BCUT2D eigenvalue weighted by molar-refractivity contribution is 5.96. The Balaban J connectivity index is 2.31. The van der Waals surface area contributed by atoms with Gasteiger partial charge in [-0.3, -0.25) is 9.48 Å². The molecule has 0 saturated carbocycles. The molecule has 0 atom stereocenters. The van der Waals surface area contributed by atoms with Crippen LogP contribution in [0.15, 0.2) is 24.4 Å². The van der Waals surface area contributed by atoms with Crippen molar-refractivity contribution in [1.29, 1.82) is 0 Å². The number of nitrogens with zero attached hydrogens (tertiary/aromatic N) is 2. The molecule has 0 radical (unpaired) electrons. The normalized spacial score (nSPS) is 11.8. The van der Waals surface area contributed by atoms with Crippen LogP contribution in [0.4, 0.5) is 18.9 Å². The first-order valence-electron chi connectivity index (χ1n) is 4.68. The molecule has 1 N–H and O–H groups in total. The van der Waals surface area contributed by atoms with E-state index in [9.17, 15) is 18.0 Å². The minimum atomic E-state index is -4.89. The fourth-order valence-corrected chi connectivity index (χ4v) is 1.42. The van der Waals surface area contributed by atoms with Crippen molar-refractivity contribution >= 4 is 22.5 Å². The Bertz CT molecular complexity index is 574. The van der Waals surface area contributed by atoms with E-state index in [1.807, 2.05) is 0 Å². The summed E-state index contributed by atoms with van der Waals surface area (Å²) in [4.78, 5) is 10.7. The third-order valence-corrected chi connectivity index (χ3v) is 2.26. The molecule has 1 heterocycles. The lowest BCUT2D eigenvalue weighted by atomic mass is 10.2. The lowest BCUT2D eigenvalue weighted by Gasteiger charge is -2.07. The van der Waals surface area contributed by atoms with Crippen molar-refractivity contribution in [2.45, 2.75) is 6.18 Å². The standard InChI is InChI=1S/C10H8F3N3O/c1-16-8-4-7(3-2-6(8)5-14-16)15-9(17)10(11,12)13/h2-5H,1H3,(H,15,17). The quantitative estimate of drug-likeness (QED) is 0.833. The number of rotatable bonds is 1. The summed E-state index contributed by atoms with van der Waals surface area (Å²) in [6.07, 6.45) is -3.30. The topological polar surface area (TPSA) is 46.9 Å². The summed E-state index contributed by atoms with van der Waals surface area (Å²) in [5, 5.41) is 6.52. The zero-order valence-corrected chi connectivity index (χ0v) is 8.75. The highest BCUT2D eigenvalue weighted by Gasteiger charge is 2.38.